The van der Waals surface area contributed by atoms with Crippen molar-refractivity contribution in [2.45, 2.75) is 19.4 Å². The number of benzene rings is 2. The molecule has 0 spiro atoms. The summed E-state index contributed by atoms with van der Waals surface area (Å²) in [7, 11) is 0. The van der Waals surface area contributed by atoms with Crippen LogP contribution in [0.4, 0.5) is 10.1 Å². The molecule has 0 heterocycles. The Bertz CT molecular complexity index is 632. The average Bonchev–Trinajstić information content (AvgIpc) is 2.41. The van der Waals surface area contributed by atoms with Gasteiger partial charge >= 0.3 is 0 Å². The van der Waals surface area contributed by atoms with E-state index in [1.165, 1.54) is 12.1 Å². The van der Waals surface area contributed by atoms with Crippen LogP contribution < -0.4 is 5.32 Å². The van der Waals surface area contributed by atoms with E-state index in [1.54, 1.807) is 6.07 Å². The maximum Gasteiger partial charge on any atom is 0.124 e. The highest BCUT2D eigenvalue weighted by atomic mass is 79.9. The van der Waals surface area contributed by atoms with Crippen LogP contribution in [-0.2, 0) is 6.42 Å². The summed E-state index contributed by atoms with van der Waals surface area (Å²) in [4.78, 5) is 0. The second kappa shape index (κ2) is 6.53. The molecule has 102 valence electrons. The van der Waals surface area contributed by atoms with Crippen molar-refractivity contribution in [2.24, 2.45) is 0 Å². The highest BCUT2D eigenvalue weighted by Crippen LogP contribution is 2.27. The average molecular weight is 333 g/mol. The predicted octanol–water partition coefficient (Wildman–Crippen LogP) is 4.83. The number of anilines is 1. The third-order valence-electron chi connectivity index (χ3n) is 3.05. The molecular weight excluding hydrogens is 319 g/mol. The zero-order valence-corrected chi connectivity index (χ0v) is 12.6. The first-order valence-electron chi connectivity index (χ1n) is 6.27. The minimum absolute atomic E-state index is 0.0480. The lowest BCUT2D eigenvalue weighted by atomic mass is 10.1. The number of nitriles is 1. The van der Waals surface area contributed by atoms with Crippen LogP contribution in [0.25, 0.3) is 0 Å². The van der Waals surface area contributed by atoms with E-state index in [-0.39, 0.29) is 11.9 Å². The van der Waals surface area contributed by atoms with Gasteiger partial charge < -0.3 is 5.32 Å². The maximum atomic E-state index is 13.1. The molecule has 0 bridgehead atoms. The van der Waals surface area contributed by atoms with Gasteiger partial charge in [0.25, 0.3) is 0 Å². The van der Waals surface area contributed by atoms with Crippen molar-refractivity contribution >= 4 is 21.6 Å². The first-order valence-corrected chi connectivity index (χ1v) is 7.07. The highest BCUT2D eigenvalue weighted by molar-refractivity contribution is 9.10. The largest absolute Gasteiger partial charge is 0.378 e. The monoisotopic (exact) mass is 332 g/mol. The lowest BCUT2D eigenvalue weighted by molar-refractivity contribution is 0.625. The molecule has 0 aliphatic rings. The lowest BCUT2D eigenvalue weighted by Crippen LogP contribution is -2.07. The molecule has 20 heavy (non-hydrogen) atoms. The molecule has 2 nitrogen and oxygen atoms in total. The fourth-order valence-electron chi connectivity index (χ4n) is 1.99. The van der Waals surface area contributed by atoms with Gasteiger partial charge in [0.1, 0.15) is 5.82 Å². The van der Waals surface area contributed by atoms with E-state index in [9.17, 15) is 4.39 Å². The topological polar surface area (TPSA) is 35.8 Å². The first kappa shape index (κ1) is 14.5. The van der Waals surface area contributed by atoms with Crippen LogP contribution >= 0.6 is 15.9 Å². The van der Waals surface area contributed by atoms with Crippen LogP contribution in [0.1, 0.15) is 24.1 Å². The van der Waals surface area contributed by atoms with Gasteiger partial charge in [0.2, 0.25) is 0 Å². The summed E-state index contributed by atoms with van der Waals surface area (Å²) in [5.74, 6) is -0.256. The van der Waals surface area contributed by atoms with Gasteiger partial charge in [-0.1, -0.05) is 34.1 Å². The van der Waals surface area contributed by atoms with Gasteiger partial charge in [-0.2, -0.15) is 5.26 Å². The molecular formula is C16H14BrFN2. The quantitative estimate of drug-likeness (QED) is 0.870. The predicted molar refractivity (Wildman–Crippen MR) is 81.9 cm³/mol. The van der Waals surface area contributed by atoms with E-state index in [0.717, 1.165) is 21.3 Å². The van der Waals surface area contributed by atoms with Crippen molar-refractivity contribution < 1.29 is 4.39 Å². The minimum atomic E-state index is -0.256. The third-order valence-corrected chi connectivity index (χ3v) is 3.74. The summed E-state index contributed by atoms with van der Waals surface area (Å²) in [5, 5.41) is 12.0. The Labute approximate surface area is 126 Å². The number of hydrogen-bond donors (Lipinski definition) is 1. The SMILES string of the molecule is CC(Nc1ccc(CC#N)cc1)c1ccc(F)cc1Br. The number of rotatable bonds is 4. The summed E-state index contributed by atoms with van der Waals surface area (Å²) in [5.41, 5.74) is 2.96. The number of nitrogens with zero attached hydrogens (tertiary/aromatic N) is 1. The zero-order chi connectivity index (χ0) is 14.5. The first-order chi connectivity index (χ1) is 9.60. The van der Waals surface area contributed by atoms with Gasteiger partial charge in [-0.15, -0.1) is 0 Å². The molecule has 1 unspecified atom stereocenters. The second-order valence-electron chi connectivity index (χ2n) is 4.56. The molecule has 0 saturated heterocycles. The Morgan fingerprint density at radius 2 is 1.95 bits per heavy atom. The normalized spacial score (nSPS) is 11.7. The van der Waals surface area contributed by atoms with Crippen LogP contribution in [0.5, 0.6) is 0 Å². The van der Waals surface area contributed by atoms with E-state index in [2.05, 4.69) is 27.3 Å². The van der Waals surface area contributed by atoms with Crippen molar-refractivity contribution in [1.29, 1.82) is 5.26 Å². The summed E-state index contributed by atoms with van der Waals surface area (Å²) < 4.78 is 13.8. The Hall–Kier alpha value is -1.86. The van der Waals surface area contributed by atoms with E-state index in [1.807, 2.05) is 31.2 Å². The zero-order valence-electron chi connectivity index (χ0n) is 11.0. The van der Waals surface area contributed by atoms with Crippen LogP contribution in [0, 0.1) is 17.1 Å². The van der Waals surface area contributed by atoms with Gasteiger partial charge in [0.15, 0.2) is 0 Å². The summed E-state index contributed by atoms with van der Waals surface area (Å²) >= 11 is 3.38. The van der Waals surface area contributed by atoms with Crippen molar-refractivity contribution in [3.05, 3.63) is 63.9 Å². The van der Waals surface area contributed by atoms with Crippen LogP contribution in [0.3, 0.4) is 0 Å². The van der Waals surface area contributed by atoms with E-state index in [0.29, 0.717) is 6.42 Å². The van der Waals surface area contributed by atoms with Crippen LogP contribution in [0.2, 0.25) is 0 Å². The molecule has 2 aromatic carbocycles. The summed E-state index contributed by atoms with van der Waals surface area (Å²) in [6.07, 6.45) is 0.416. The molecule has 0 aliphatic heterocycles. The number of halogens is 2. The van der Waals surface area contributed by atoms with Gasteiger partial charge in [-0.25, -0.2) is 4.39 Å². The Morgan fingerprint density at radius 1 is 1.25 bits per heavy atom. The van der Waals surface area contributed by atoms with E-state index >= 15 is 0 Å². The molecule has 0 amide bonds. The minimum Gasteiger partial charge on any atom is -0.378 e. The van der Waals surface area contributed by atoms with Crippen molar-refractivity contribution in [1.82, 2.24) is 0 Å². The summed E-state index contributed by atoms with van der Waals surface area (Å²) in [6, 6.07) is 14.6. The Kier molecular flexibility index (Phi) is 4.75. The fraction of sp³-hybridized carbons (Fsp3) is 0.188. The molecule has 2 aromatic rings. The van der Waals surface area contributed by atoms with Gasteiger partial charge in [-0.05, 0) is 42.3 Å². The molecule has 0 fully saturated rings. The molecule has 2 rings (SSSR count). The number of hydrogen-bond acceptors (Lipinski definition) is 2. The highest BCUT2D eigenvalue weighted by Gasteiger charge is 2.10. The van der Waals surface area contributed by atoms with Crippen molar-refractivity contribution in [3.8, 4) is 6.07 Å². The standard InChI is InChI=1S/C16H14BrFN2/c1-11(15-7-4-13(18)10-16(15)17)20-14-5-2-12(3-6-14)8-9-19/h2-7,10-11,20H,8H2,1H3. The molecule has 0 saturated carbocycles. The summed E-state index contributed by atoms with van der Waals surface area (Å²) in [6.45, 7) is 2.02. The smallest absolute Gasteiger partial charge is 0.124 e. The van der Waals surface area contributed by atoms with E-state index < -0.39 is 0 Å². The molecule has 1 N–H and O–H groups in total. The van der Waals surface area contributed by atoms with Crippen LogP contribution in [0.15, 0.2) is 46.9 Å². The fourth-order valence-corrected chi connectivity index (χ4v) is 2.68. The van der Waals surface area contributed by atoms with Gasteiger partial charge in [-0.3, -0.25) is 0 Å². The van der Waals surface area contributed by atoms with Crippen molar-refractivity contribution in [2.75, 3.05) is 5.32 Å². The van der Waals surface area contributed by atoms with E-state index in [4.69, 9.17) is 5.26 Å². The molecule has 1 atom stereocenters. The van der Waals surface area contributed by atoms with Crippen molar-refractivity contribution in [3.63, 3.8) is 0 Å². The maximum absolute atomic E-state index is 13.1. The van der Waals surface area contributed by atoms with Gasteiger partial charge in [0.05, 0.1) is 12.5 Å². The second-order valence-corrected chi connectivity index (χ2v) is 5.42. The lowest BCUT2D eigenvalue weighted by Gasteiger charge is -2.17. The third kappa shape index (κ3) is 3.58. The molecule has 0 aromatic heterocycles. The molecule has 0 radical (unpaired) electrons. The number of nitrogens with one attached hydrogen (secondary N) is 1. The molecule has 0 aliphatic carbocycles. The van der Waals surface area contributed by atoms with Crippen LogP contribution in [-0.4, -0.2) is 0 Å². The van der Waals surface area contributed by atoms with Gasteiger partial charge in [0, 0.05) is 16.2 Å². The molecule has 4 heteroatoms. The Morgan fingerprint density at radius 3 is 2.55 bits per heavy atom. The Balaban J connectivity index is 2.11.